The third-order valence-corrected chi connectivity index (χ3v) is 5.87. The van der Waals surface area contributed by atoms with E-state index in [-0.39, 0.29) is 10.9 Å². The molecule has 0 amide bonds. The van der Waals surface area contributed by atoms with Crippen LogP contribution in [-0.4, -0.2) is 18.2 Å². The summed E-state index contributed by atoms with van der Waals surface area (Å²) in [6.45, 7) is 0. The van der Waals surface area contributed by atoms with Gasteiger partial charge in [0.2, 0.25) is 10.0 Å². The van der Waals surface area contributed by atoms with Crippen LogP contribution in [0.25, 0.3) is 0 Å². The molecule has 1 atom stereocenters. The van der Waals surface area contributed by atoms with E-state index in [4.69, 9.17) is 0 Å². The first-order valence-electron chi connectivity index (χ1n) is 7.13. The number of hydrogen-bond donors (Lipinski definition) is 1. The molecule has 0 bridgehead atoms. The van der Waals surface area contributed by atoms with E-state index in [0.717, 1.165) is 10.4 Å². The first-order valence-corrected chi connectivity index (χ1v) is 9.49. The van der Waals surface area contributed by atoms with Gasteiger partial charge in [-0.05, 0) is 23.4 Å². The second-order valence-electron chi connectivity index (χ2n) is 5.23. The Labute approximate surface area is 139 Å². The van der Waals surface area contributed by atoms with Gasteiger partial charge < -0.3 is 0 Å². The molecule has 7 heteroatoms. The first-order chi connectivity index (χ1) is 11.0. The fourth-order valence-corrected chi connectivity index (χ4v) is 4.38. The molecule has 0 radical (unpaired) electrons. The van der Waals surface area contributed by atoms with Gasteiger partial charge in [0.1, 0.15) is 4.90 Å². The van der Waals surface area contributed by atoms with Gasteiger partial charge in [0.25, 0.3) is 0 Å². The third kappa shape index (κ3) is 3.87. The van der Waals surface area contributed by atoms with E-state index < -0.39 is 10.0 Å². The normalized spacial score (nSPS) is 13.1. The van der Waals surface area contributed by atoms with Crippen molar-refractivity contribution in [1.82, 2.24) is 14.5 Å². The highest BCUT2D eigenvalue weighted by Gasteiger charge is 2.23. The van der Waals surface area contributed by atoms with Crippen LogP contribution in [0.1, 0.15) is 16.5 Å². The van der Waals surface area contributed by atoms with Gasteiger partial charge in [-0.1, -0.05) is 36.4 Å². The van der Waals surface area contributed by atoms with E-state index in [0.29, 0.717) is 6.42 Å². The largest absolute Gasteiger partial charge is 0.274 e. The van der Waals surface area contributed by atoms with Crippen molar-refractivity contribution in [2.75, 3.05) is 0 Å². The average molecular weight is 347 g/mol. The second-order valence-corrected chi connectivity index (χ2v) is 7.92. The van der Waals surface area contributed by atoms with Gasteiger partial charge in [-0.15, -0.1) is 11.3 Å². The van der Waals surface area contributed by atoms with Gasteiger partial charge >= 0.3 is 0 Å². The average Bonchev–Trinajstić information content (AvgIpc) is 3.19. The van der Waals surface area contributed by atoms with Crippen LogP contribution >= 0.6 is 11.3 Å². The SMILES string of the molecule is Cn1cc(S(=O)(=O)NC(Cc2ccccc2)c2cccs2)cn1. The molecule has 5 nitrogen and oxygen atoms in total. The summed E-state index contributed by atoms with van der Waals surface area (Å²) in [7, 11) is -1.92. The number of thiophene rings is 1. The Kier molecular flexibility index (Phi) is 4.61. The van der Waals surface area contributed by atoms with Crippen molar-refractivity contribution in [3.8, 4) is 0 Å². The Balaban J connectivity index is 1.87. The van der Waals surface area contributed by atoms with Crippen LogP contribution in [-0.2, 0) is 23.5 Å². The summed E-state index contributed by atoms with van der Waals surface area (Å²) in [4.78, 5) is 1.16. The van der Waals surface area contributed by atoms with Gasteiger partial charge in [-0.3, -0.25) is 4.68 Å². The molecular formula is C16H17N3O2S2. The number of aromatic nitrogens is 2. The lowest BCUT2D eigenvalue weighted by atomic mass is 10.1. The standard InChI is InChI=1S/C16H17N3O2S2/c1-19-12-14(11-17-19)23(20,21)18-15(16-8-5-9-22-16)10-13-6-3-2-4-7-13/h2-9,11-12,15,18H,10H2,1H3. The van der Waals surface area contributed by atoms with Gasteiger partial charge in [-0.25, -0.2) is 13.1 Å². The molecule has 3 rings (SSSR count). The summed E-state index contributed by atoms with van der Waals surface area (Å²) in [6.07, 6.45) is 3.45. The number of hydrogen-bond acceptors (Lipinski definition) is 4. The summed E-state index contributed by atoms with van der Waals surface area (Å²) < 4.78 is 29.4. The molecule has 3 aromatic rings. The van der Waals surface area contributed by atoms with E-state index in [1.165, 1.54) is 17.1 Å². The lowest BCUT2D eigenvalue weighted by Gasteiger charge is -2.17. The van der Waals surface area contributed by atoms with Gasteiger partial charge in [0.15, 0.2) is 0 Å². The predicted octanol–water partition coefficient (Wildman–Crippen LogP) is 2.74. The molecule has 0 saturated heterocycles. The van der Waals surface area contributed by atoms with Gasteiger partial charge in [0.05, 0.1) is 12.2 Å². The summed E-state index contributed by atoms with van der Waals surface area (Å²) in [5, 5.41) is 5.89. The summed E-state index contributed by atoms with van der Waals surface area (Å²) in [5.74, 6) is 0. The molecule has 0 aliphatic rings. The van der Waals surface area contributed by atoms with E-state index in [2.05, 4.69) is 9.82 Å². The lowest BCUT2D eigenvalue weighted by Crippen LogP contribution is -2.29. The molecule has 23 heavy (non-hydrogen) atoms. The lowest BCUT2D eigenvalue weighted by molar-refractivity contribution is 0.557. The molecule has 0 aliphatic carbocycles. The maximum atomic E-state index is 12.6. The van der Waals surface area contributed by atoms with Crippen LogP contribution in [0.15, 0.2) is 65.1 Å². The molecule has 1 N–H and O–H groups in total. The maximum Gasteiger partial charge on any atom is 0.244 e. The Morgan fingerprint density at radius 2 is 2.00 bits per heavy atom. The zero-order valence-electron chi connectivity index (χ0n) is 12.6. The Morgan fingerprint density at radius 3 is 2.61 bits per heavy atom. The van der Waals surface area contributed by atoms with Crippen LogP contribution in [0, 0.1) is 0 Å². The van der Waals surface area contributed by atoms with Crippen molar-refractivity contribution >= 4 is 21.4 Å². The van der Waals surface area contributed by atoms with Gasteiger partial charge in [0, 0.05) is 18.1 Å². The molecule has 1 unspecified atom stereocenters. The number of benzene rings is 1. The second kappa shape index (κ2) is 6.66. The van der Waals surface area contributed by atoms with E-state index in [1.807, 2.05) is 47.8 Å². The zero-order chi connectivity index (χ0) is 16.3. The van der Waals surface area contributed by atoms with E-state index in [9.17, 15) is 8.42 Å². The number of sulfonamides is 1. The zero-order valence-corrected chi connectivity index (χ0v) is 14.2. The topological polar surface area (TPSA) is 64.0 Å². The molecule has 2 heterocycles. The van der Waals surface area contributed by atoms with Crippen LogP contribution in [0.5, 0.6) is 0 Å². The molecule has 120 valence electrons. The maximum absolute atomic E-state index is 12.6. The molecule has 0 aliphatic heterocycles. The molecule has 0 saturated carbocycles. The quantitative estimate of drug-likeness (QED) is 0.746. The highest BCUT2D eigenvalue weighted by molar-refractivity contribution is 7.89. The van der Waals surface area contributed by atoms with Crippen molar-refractivity contribution < 1.29 is 8.42 Å². The summed E-state index contributed by atoms with van der Waals surface area (Å²) in [5.41, 5.74) is 1.08. The minimum Gasteiger partial charge on any atom is -0.274 e. The number of nitrogens with zero attached hydrogens (tertiary/aromatic N) is 2. The van der Waals surface area contributed by atoms with Crippen LogP contribution in [0.4, 0.5) is 0 Å². The molecule has 2 aromatic heterocycles. The van der Waals surface area contributed by atoms with E-state index >= 15 is 0 Å². The molecule has 1 aromatic carbocycles. The molecule has 0 fully saturated rings. The van der Waals surface area contributed by atoms with Crippen molar-refractivity contribution in [1.29, 1.82) is 0 Å². The van der Waals surface area contributed by atoms with E-state index in [1.54, 1.807) is 18.4 Å². The Hall–Kier alpha value is -1.96. The van der Waals surface area contributed by atoms with Crippen LogP contribution in [0.2, 0.25) is 0 Å². The number of rotatable bonds is 6. The highest BCUT2D eigenvalue weighted by Crippen LogP contribution is 2.25. The molecule has 0 spiro atoms. The summed E-state index contributed by atoms with van der Waals surface area (Å²) >= 11 is 1.54. The van der Waals surface area contributed by atoms with Crippen LogP contribution < -0.4 is 4.72 Å². The number of aryl methyl sites for hydroxylation is 1. The number of nitrogens with one attached hydrogen (secondary N) is 1. The minimum absolute atomic E-state index is 0.176. The van der Waals surface area contributed by atoms with Crippen molar-refractivity contribution in [2.24, 2.45) is 7.05 Å². The Morgan fingerprint density at radius 1 is 1.22 bits per heavy atom. The van der Waals surface area contributed by atoms with Crippen LogP contribution in [0.3, 0.4) is 0 Å². The monoisotopic (exact) mass is 347 g/mol. The molecular weight excluding hydrogens is 330 g/mol. The first kappa shape index (κ1) is 15.9. The fraction of sp³-hybridized carbons (Fsp3) is 0.188. The summed E-state index contributed by atoms with van der Waals surface area (Å²) in [6, 6.07) is 13.4. The third-order valence-electron chi connectivity index (χ3n) is 3.46. The van der Waals surface area contributed by atoms with Crippen molar-refractivity contribution in [3.05, 3.63) is 70.7 Å². The van der Waals surface area contributed by atoms with Crippen molar-refractivity contribution in [3.63, 3.8) is 0 Å². The van der Waals surface area contributed by atoms with Gasteiger partial charge in [-0.2, -0.15) is 5.10 Å². The predicted molar refractivity (Wildman–Crippen MR) is 90.7 cm³/mol. The Bertz CT molecular complexity index is 856. The smallest absolute Gasteiger partial charge is 0.244 e. The minimum atomic E-state index is -3.61. The highest BCUT2D eigenvalue weighted by atomic mass is 32.2. The van der Waals surface area contributed by atoms with Crippen molar-refractivity contribution in [2.45, 2.75) is 17.4 Å². The fourth-order valence-electron chi connectivity index (χ4n) is 2.33.